The number of amides is 2. The number of imidazole rings is 1. The van der Waals surface area contributed by atoms with Crippen LogP contribution in [0.15, 0.2) is 102 Å². The predicted octanol–water partition coefficient (Wildman–Crippen LogP) is 3.34. The first kappa shape index (κ1) is 34.2. The van der Waals surface area contributed by atoms with Crippen molar-refractivity contribution in [1.29, 1.82) is 0 Å². The molecule has 2 aromatic carbocycles. The van der Waals surface area contributed by atoms with Gasteiger partial charge in [-0.3, -0.25) is 9.55 Å². The van der Waals surface area contributed by atoms with Crippen LogP contribution >= 0.6 is 0 Å². The normalized spacial score (nSPS) is 21.4. The van der Waals surface area contributed by atoms with Gasteiger partial charge in [-0.25, -0.2) is 9.78 Å². The molecule has 2 amide bonds. The highest BCUT2D eigenvalue weighted by Crippen LogP contribution is 2.41. The van der Waals surface area contributed by atoms with E-state index in [1.807, 2.05) is 41.3 Å². The number of anilines is 3. The molecule has 6 N–H and O–H groups in total. The number of aliphatic hydroxyl groups is 3. The van der Waals surface area contributed by atoms with Crippen LogP contribution in [-0.2, 0) is 11.3 Å². The average molecular weight is 719 g/mol. The quantitative estimate of drug-likeness (QED) is 0.114. The van der Waals surface area contributed by atoms with Crippen LogP contribution in [0.25, 0.3) is 11.2 Å². The maximum Gasteiger partial charge on any atom is 0.319 e. The van der Waals surface area contributed by atoms with Gasteiger partial charge in [0.25, 0.3) is 0 Å². The van der Waals surface area contributed by atoms with Crippen LogP contribution in [0.3, 0.4) is 0 Å². The van der Waals surface area contributed by atoms with E-state index in [9.17, 15) is 20.1 Å². The van der Waals surface area contributed by atoms with Gasteiger partial charge in [-0.2, -0.15) is 9.97 Å². The Balaban J connectivity index is 1.10. The Morgan fingerprint density at radius 2 is 1.75 bits per heavy atom. The monoisotopic (exact) mass is 718 g/mol. The minimum absolute atomic E-state index is 0.0201. The first-order chi connectivity index (χ1) is 25.9. The zero-order chi connectivity index (χ0) is 36.3. The lowest BCUT2D eigenvalue weighted by Crippen LogP contribution is -2.40. The minimum atomic E-state index is -1.38. The molecule has 0 saturated carbocycles. The third kappa shape index (κ3) is 7.12. The highest BCUT2D eigenvalue weighted by Gasteiger charge is 2.47. The van der Waals surface area contributed by atoms with E-state index in [2.05, 4.69) is 55.3 Å². The fourth-order valence-electron chi connectivity index (χ4n) is 6.86. The smallest absolute Gasteiger partial charge is 0.319 e. The molecule has 6 heterocycles. The van der Waals surface area contributed by atoms with E-state index in [1.54, 1.807) is 29.1 Å². The molecular weight excluding hydrogens is 680 g/mol. The second-order valence-corrected chi connectivity index (χ2v) is 13.0. The molecule has 16 nitrogen and oxygen atoms in total. The van der Waals surface area contributed by atoms with Gasteiger partial charge in [-0.05, 0) is 29.7 Å². The molecule has 6 aromatic rings. The van der Waals surface area contributed by atoms with E-state index in [1.165, 1.54) is 12.4 Å². The zero-order valence-corrected chi connectivity index (χ0v) is 28.4. The molecule has 2 aliphatic rings. The first-order valence-electron chi connectivity index (χ1n) is 17.3. The molecule has 0 bridgehead atoms. The molecule has 2 aliphatic heterocycles. The van der Waals surface area contributed by atoms with Gasteiger partial charge >= 0.3 is 6.03 Å². The van der Waals surface area contributed by atoms with Crippen LogP contribution in [0, 0.1) is 0 Å². The van der Waals surface area contributed by atoms with Crippen molar-refractivity contribution in [1.82, 2.24) is 35.0 Å². The standard InChI is InChI=1S/C37H38N10O6/c48-20-26-16-28(53-45-26)32-30(49)31(50)35(52-32)47-21-40-29-33(39-18-27(22-8-3-1-4-9-22)23-10-5-2-6-11-23)43-36(44-34(29)47)46-15-13-25(19-46)42-37(51)41-24-12-7-14-38-17-24/h1-12,14,16-17,21,25,27,30-32,35,48-50H,13,15,18-20H2,(H,39,43,44)(H2,41,42,51)/t25?,30-,31+,32+,35+/m0/s1. The van der Waals surface area contributed by atoms with Gasteiger partial charge in [-0.1, -0.05) is 65.8 Å². The topological polar surface area (TPSA) is 209 Å². The molecular formula is C37H38N10O6. The molecule has 5 atom stereocenters. The van der Waals surface area contributed by atoms with E-state index in [0.29, 0.717) is 54.7 Å². The molecule has 4 aromatic heterocycles. The van der Waals surface area contributed by atoms with Crippen molar-refractivity contribution in [3.63, 3.8) is 0 Å². The molecule has 1 unspecified atom stereocenters. The zero-order valence-electron chi connectivity index (χ0n) is 28.4. The second kappa shape index (κ2) is 15.0. The van der Waals surface area contributed by atoms with Crippen LogP contribution in [0.2, 0.25) is 0 Å². The van der Waals surface area contributed by atoms with Crippen molar-refractivity contribution in [3.05, 3.63) is 120 Å². The summed E-state index contributed by atoms with van der Waals surface area (Å²) in [5, 5.41) is 44.9. The summed E-state index contributed by atoms with van der Waals surface area (Å²) in [6.45, 7) is 1.14. The molecule has 272 valence electrons. The lowest BCUT2D eigenvalue weighted by Gasteiger charge is -2.22. The number of ether oxygens (including phenoxy) is 1. The van der Waals surface area contributed by atoms with Gasteiger partial charge in [0.15, 0.2) is 29.0 Å². The van der Waals surface area contributed by atoms with Gasteiger partial charge in [-0.15, -0.1) is 0 Å². The number of rotatable bonds is 11. The van der Waals surface area contributed by atoms with Gasteiger partial charge in [0.05, 0.1) is 24.8 Å². The summed E-state index contributed by atoms with van der Waals surface area (Å²) in [6, 6.07) is 24.9. The molecule has 2 saturated heterocycles. The average Bonchev–Trinajstić information content (AvgIpc) is 4.00. The summed E-state index contributed by atoms with van der Waals surface area (Å²) >= 11 is 0. The summed E-state index contributed by atoms with van der Waals surface area (Å²) in [7, 11) is 0. The Hall–Kier alpha value is -5.94. The predicted molar refractivity (Wildman–Crippen MR) is 193 cm³/mol. The van der Waals surface area contributed by atoms with Crippen molar-refractivity contribution in [2.24, 2.45) is 0 Å². The summed E-state index contributed by atoms with van der Waals surface area (Å²) in [6.07, 6.45) is 0.469. The van der Waals surface area contributed by atoms with Crippen molar-refractivity contribution >= 4 is 34.6 Å². The second-order valence-electron chi connectivity index (χ2n) is 13.0. The number of fused-ring (bicyclic) bond motifs is 1. The maximum absolute atomic E-state index is 12.8. The number of hydrogen-bond donors (Lipinski definition) is 6. The van der Waals surface area contributed by atoms with Crippen LogP contribution in [0.4, 0.5) is 22.2 Å². The fourth-order valence-corrected chi connectivity index (χ4v) is 6.86. The Morgan fingerprint density at radius 3 is 2.45 bits per heavy atom. The van der Waals surface area contributed by atoms with Crippen LogP contribution in [0.1, 0.15) is 47.3 Å². The van der Waals surface area contributed by atoms with Crippen LogP contribution < -0.4 is 20.9 Å². The molecule has 16 heteroatoms. The molecule has 0 aliphatic carbocycles. The van der Waals surface area contributed by atoms with Gasteiger partial charge in [0.1, 0.15) is 24.0 Å². The Morgan fingerprint density at radius 1 is 0.981 bits per heavy atom. The van der Waals surface area contributed by atoms with E-state index in [4.69, 9.17) is 19.2 Å². The van der Waals surface area contributed by atoms with Gasteiger partial charge in [0, 0.05) is 43.9 Å². The number of carbonyl (C=O) groups is 1. The van der Waals surface area contributed by atoms with E-state index in [0.717, 1.165) is 11.1 Å². The highest BCUT2D eigenvalue weighted by atomic mass is 16.6. The van der Waals surface area contributed by atoms with Gasteiger partial charge < -0.3 is 45.4 Å². The first-order valence-corrected chi connectivity index (χ1v) is 17.3. The highest BCUT2D eigenvalue weighted by molar-refractivity contribution is 5.89. The SMILES string of the molecule is O=C(Nc1cccnc1)NC1CCN(c2nc(NCC(c3ccccc3)c3ccccc3)c3ncn([C@@H]4O[C@H](c5cc(CO)no5)[C@@H](O)[C@H]4O)c3n2)C1. The lowest BCUT2D eigenvalue weighted by atomic mass is 9.91. The number of pyridine rings is 1. The molecule has 8 rings (SSSR count). The summed E-state index contributed by atoms with van der Waals surface area (Å²) in [5.41, 5.74) is 3.91. The molecule has 0 spiro atoms. The number of nitrogens with zero attached hydrogens (tertiary/aromatic N) is 7. The molecule has 0 radical (unpaired) electrons. The number of urea groups is 1. The van der Waals surface area contributed by atoms with E-state index < -0.39 is 24.5 Å². The number of aliphatic hydroxyl groups excluding tert-OH is 3. The number of aromatic nitrogens is 6. The summed E-state index contributed by atoms with van der Waals surface area (Å²) < 4.78 is 13.0. The summed E-state index contributed by atoms with van der Waals surface area (Å²) in [5.74, 6) is 1.01. The fraction of sp³-hybridized carbons (Fsp3) is 0.297. The van der Waals surface area contributed by atoms with Crippen molar-refractivity contribution in [2.75, 3.05) is 35.2 Å². The largest absolute Gasteiger partial charge is 0.390 e. The van der Waals surface area contributed by atoms with E-state index >= 15 is 0 Å². The third-order valence-electron chi connectivity index (χ3n) is 9.54. The number of benzene rings is 2. The Labute approximate surface area is 303 Å². The van der Waals surface area contributed by atoms with Crippen LogP contribution in [0.5, 0.6) is 0 Å². The third-order valence-corrected chi connectivity index (χ3v) is 9.54. The molecule has 53 heavy (non-hydrogen) atoms. The maximum atomic E-state index is 12.8. The van der Waals surface area contributed by atoms with Crippen molar-refractivity contribution < 1.29 is 29.4 Å². The molecule has 2 fully saturated rings. The van der Waals surface area contributed by atoms with Crippen LogP contribution in [-0.4, -0.2) is 88.9 Å². The van der Waals surface area contributed by atoms with Crippen molar-refractivity contribution in [2.45, 2.75) is 49.5 Å². The lowest BCUT2D eigenvalue weighted by molar-refractivity contribution is -0.0434. The van der Waals surface area contributed by atoms with E-state index in [-0.39, 0.29) is 36.1 Å². The van der Waals surface area contributed by atoms with Gasteiger partial charge in [0.2, 0.25) is 5.95 Å². The number of carbonyl (C=O) groups excluding carboxylic acids is 1. The Kier molecular flexibility index (Phi) is 9.64. The van der Waals surface area contributed by atoms with Crippen molar-refractivity contribution in [3.8, 4) is 0 Å². The summed E-state index contributed by atoms with van der Waals surface area (Å²) in [4.78, 5) is 33.4. The number of hydrogen-bond acceptors (Lipinski definition) is 13. The number of nitrogens with one attached hydrogen (secondary N) is 3. The minimum Gasteiger partial charge on any atom is -0.390 e. The Bertz CT molecular complexity index is 2110.